The van der Waals surface area contributed by atoms with Crippen LogP contribution in [-0.4, -0.2) is 24.0 Å². The number of hydrogen-bond acceptors (Lipinski definition) is 2. The van der Waals surface area contributed by atoms with Gasteiger partial charge in [-0.2, -0.15) is 0 Å². The van der Waals surface area contributed by atoms with Crippen LogP contribution in [0.4, 0.5) is 0 Å². The molecular formula is C17H18NO2Y-. The number of carbonyl (C=O) groups is 1. The van der Waals surface area contributed by atoms with Gasteiger partial charge in [0, 0.05) is 45.7 Å². The minimum atomic E-state index is 0. The van der Waals surface area contributed by atoms with E-state index in [4.69, 9.17) is 11.2 Å². The molecule has 0 aliphatic carbocycles. The Morgan fingerprint density at radius 2 is 2.24 bits per heavy atom. The number of nitrogens with zero attached hydrogens (tertiary/aromatic N) is 1. The van der Waals surface area contributed by atoms with Crippen LogP contribution in [0.5, 0.6) is 5.75 Å². The molecule has 1 heterocycles. The van der Waals surface area contributed by atoms with Crippen LogP contribution in [0, 0.1) is 25.3 Å². The number of carbonyl (C=O) groups excluding carboxylic acids is 1. The number of benzene rings is 1. The first kappa shape index (κ1) is 17.9. The molecule has 0 saturated carbocycles. The zero-order chi connectivity index (χ0) is 14.5. The van der Waals surface area contributed by atoms with E-state index in [1.807, 2.05) is 32.0 Å². The number of amides is 1. The molecule has 1 aliphatic heterocycles. The molecule has 21 heavy (non-hydrogen) atoms. The fraction of sp³-hybridized carbons (Fsp3) is 0.353. The standard InChI is InChI=1S/C17H18NO2.Y/c1-4-11-20-14-9-10-15(13(3)12-14)16-7-6-8-17(19)18(16)5-2;/h1,9-10,12H,5-6,8,11H2,2-3H3;/q-1;. The van der Waals surface area contributed by atoms with Crippen molar-refractivity contribution in [1.29, 1.82) is 0 Å². The minimum Gasteiger partial charge on any atom is -0.481 e. The van der Waals surface area contributed by atoms with Crippen molar-refractivity contribution < 1.29 is 42.2 Å². The fourth-order valence-corrected chi connectivity index (χ4v) is 2.33. The van der Waals surface area contributed by atoms with Crippen molar-refractivity contribution in [3.63, 3.8) is 0 Å². The summed E-state index contributed by atoms with van der Waals surface area (Å²) < 4.78 is 5.41. The molecule has 1 amide bonds. The van der Waals surface area contributed by atoms with Gasteiger partial charge in [-0.3, -0.25) is 4.79 Å². The predicted molar refractivity (Wildman–Crippen MR) is 78.8 cm³/mol. The monoisotopic (exact) mass is 357 g/mol. The first-order valence-corrected chi connectivity index (χ1v) is 6.75. The fourth-order valence-electron chi connectivity index (χ4n) is 2.33. The van der Waals surface area contributed by atoms with Gasteiger partial charge in [0.15, 0.2) is 0 Å². The Morgan fingerprint density at radius 3 is 2.86 bits per heavy atom. The number of ether oxygens (including phenoxy) is 1. The van der Waals surface area contributed by atoms with Crippen molar-refractivity contribution in [2.45, 2.75) is 26.7 Å². The van der Waals surface area contributed by atoms with E-state index in [0.717, 1.165) is 22.6 Å². The second-order valence-electron chi connectivity index (χ2n) is 4.63. The second kappa shape index (κ2) is 8.36. The van der Waals surface area contributed by atoms with Crippen molar-refractivity contribution in [2.24, 2.45) is 0 Å². The van der Waals surface area contributed by atoms with Gasteiger partial charge in [-0.25, -0.2) is 6.08 Å². The molecule has 0 spiro atoms. The van der Waals surface area contributed by atoms with Crippen LogP contribution in [0.15, 0.2) is 18.2 Å². The summed E-state index contributed by atoms with van der Waals surface area (Å²) in [5.41, 5.74) is 2.95. The third kappa shape index (κ3) is 4.19. The second-order valence-corrected chi connectivity index (χ2v) is 4.63. The van der Waals surface area contributed by atoms with Crippen LogP contribution in [0.1, 0.15) is 30.9 Å². The van der Waals surface area contributed by atoms with Gasteiger partial charge in [0.05, 0.1) is 0 Å². The van der Waals surface area contributed by atoms with Crippen molar-refractivity contribution >= 4 is 11.6 Å². The van der Waals surface area contributed by atoms with Crippen LogP contribution in [0.25, 0.3) is 5.70 Å². The van der Waals surface area contributed by atoms with E-state index in [1.54, 1.807) is 4.90 Å². The molecule has 0 fully saturated rings. The Bertz CT molecular complexity index is 587. The molecule has 0 atom stereocenters. The van der Waals surface area contributed by atoms with E-state index < -0.39 is 0 Å². The van der Waals surface area contributed by atoms with E-state index in [1.165, 1.54) is 0 Å². The zero-order valence-electron chi connectivity index (χ0n) is 12.5. The van der Waals surface area contributed by atoms with Gasteiger partial charge < -0.3 is 9.64 Å². The molecule has 1 aromatic carbocycles. The van der Waals surface area contributed by atoms with Crippen molar-refractivity contribution in [2.75, 3.05) is 13.2 Å². The molecule has 107 valence electrons. The smallest absolute Gasteiger partial charge is 0.223 e. The van der Waals surface area contributed by atoms with Gasteiger partial charge >= 0.3 is 0 Å². The Kier molecular flexibility index (Phi) is 7.15. The van der Waals surface area contributed by atoms with Gasteiger partial charge in [-0.15, -0.1) is 35.7 Å². The van der Waals surface area contributed by atoms with E-state index in [0.29, 0.717) is 19.4 Å². The van der Waals surface area contributed by atoms with E-state index in [9.17, 15) is 4.79 Å². The maximum absolute atomic E-state index is 11.9. The van der Waals surface area contributed by atoms with Crippen LogP contribution in [-0.2, 0) is 37.5 Å². The first-order chi connectivity index (χ1) is 9.67. The van der Waals surface area contributed by atoms with Crippen molar-refractivity contribution in [1.82, 2.24) is 4.90 Å². The largest absolute Gasteiger partial charge is 0.481 e. The Labute approximate surface area is 151 Å². The summed E-state index contributed by atoms with van der Waals surface area (Å²) in [6.45, 7) is 4.90. The predicted octanol–water partition coefficient (Wildman–Crippen LogP) is 2.79. The maximum Gasteiger partial charge on any atom is 0.223 e. The van der Waals surface area contributed by atoms with Crippen LogP contribution in [0.3, 0.4) is 0 Å². The summed E-state index contributed by atoms with van der Waals surface area (Å²) in [4.78, 5) is 13.7. The summed E-state index contributed by atoms with van der Waals surface area (Å²) in [6.07, 6.45) is 9.72. The molecule has 0 N–H and O–H groups in total. The summed E-state index contributed by atoms with van der Waals surface area (Å²) in [5, 5.41) is 0. The van der Waals surface area contributed by atoms with Crippen LogP contribution < -0.4 is 4.74 Å². The normalized spacial score (nSPS) is 14.0. The molecule has 1 aliphatic rings. The number of hydrogen-bond donors (Lipinski definition) is 0. The van der Waals surface area contributed by atoms with Gasteiger partial charge in [-0.05, 0) is 19.1 Å². The molecule has 0 bridgehead atoms. The molecular weight excluding hydrogens is 339 g/mol. The maximum atomic E-state index is 11.9. The Hall–Kier alpha value is -1.11. The molecule has 4 heteroatoms. The molecule has 0 unspecified atom stereocenters. The third-order valence-corrected chi connectivity index (χ3v) is 3.29. The molecule has 2 rings (SSSR count). The van der Waals surface area contributed by atoms with Gasteiger partial charge in [0.2, 0.25) is 5.91 Å². The SMILES string of the molecule is C#CCOc1ccc(C2=[C-]CCC(=O)N2CC)c(C)c1.[Y]. The van der Waals surface area contributed by atoms with Crippen molar-refractivity contribution in [3.8, 4) is 18.1 Å². The summed E-state index contributed by atoms with van der Waals surface area (Å²) in [5.74, 6) is 3.35. The average Bonchev–Trinajstić information content (AvgIpc) is 2.45. The average molecular weight is 357 g/mol. The molecule has 3 nitrogen and oxygen atoms in total. The minimum absolute atomic E-state index is 0. The van der Waals surface area contributed by atoms with E-state index >= 15 is 0 Å². The topological polar surface area (TPSA) is 29.5 Å². The quantitative estimate of drug-likeness (QED) is 0.613. The Balaban J connectivity index is 0.00000220. The number of aryl methyl sites for hydroxylation is 1. The van der Waals surface area contributed by atoms with Gasteiger partial charge in [0.25, 0.3) is 0 Å². The molecule has 0 aromatic heterocycles. The number of terminal acetylenes is 1. The van der Waals surface area contributed by atoms with Crippen molar-refractivity contribution in [3.05, 3.63) is 35.4 Å². The van der Waals surface area contributed by atoms with Crippen LogP contribution >= 0.6 is 0 Å². The summed E-state index contributed by atoms with van der Waals surface area (Å²) in [7, 11) is 0. The Morgan fingerprint density at radius 1 is 1.48 bits per heavy atom. The summed E-state index contributed by atoms with van der Waals surface area (Å²) >= 11 is 0. The zero-order valence-corrected chi connectivity index (χ0v) is 15.3. The molecule has 1 aromatic rings. The van der Waals surface area contributed by atoms with Crippen LogP contribution in [0.2, 0.25) is 0 Å². The van der Waals surface area contributed by atoms with Gasteiger partial charge in [0.1, 0.15) is 12.4 Å². The van der Waals surface area contributed by atoms with Gasteiger partial charge in [-0.1, -0.05) is 12.8 Å². The third-order valence-electron chi connectivity index (χ3n) is 3.29. The molecule has 1 radical (unpaired) electrons. The summed E-state index contributed by atoms with van der Waals surface area (Å²) in [6, 6.07) is 5.78. The van der Waals surface area contributed by atoms with E-state index in [2.05, 4.69) is 12.0 Å². The number of rotatable bonds is 4. The van der Waals surface area contributed by atoms with E-state index in [-0.39, 0.29) is 45.2 Å². The number of allylic oxidation sites excluding steroid dienone is 1. The molecule has 0 saturated heterocycles. The first-order valence-electron chi connectivity index (χ1n) is 6.75.